The Balaban J connectivity index is 1.81. The Labute approximate surface area is 104 Å². The van der Waals surface area contributed by atoms with Gasteiger partial charge in [-0.15, -0.1) is 11.3 Å². The Morgan fingerprint density at radius 1 is 1.35 bits per heavy atom. The van der Waals surface area contributed by atoms with Crippen molar-refractivity contribution in [2.75, 3.05) is 0 Å². The SMILES string of the molecule is Cc1ccc(C(=O)NNCc2ccccn2)s1. The lowest BCUT2D eigenvalue weighted by Crippen LogP contribution is -2.36. The zero-order chi connectivity index (χ0) is 12.1. The molecule has 0 aliphatic heterocycles. The molecule has 1 amide bonds. The Kier molecular flexibility index (Phi) is 3.85. The number of amides is 1. The van der Waals surface area contributed by atoms with Crippen LogP contribution in [0.5, 0.6) is 0 Å². The monoisotopic (exact) mass is 247 g/mol. The molecule has 0 atom stereocenters. The Morgan fingerprint density at radius 3 is 2.88 bits per heavy atom. The van der Waals surface area contributed by atoms with Crippen LogP contribution in [-0.4, -0.2) is 10.9 Å². The fourth-order valence-electron chi connectivity index (χ4n) is 1.34. The molecule has 2 N–H and O–H groups in total. The van der Waals surface area contributed by atoms with Gasteiger partial charge in [-0.2, -0.15) is 0 Å². The van der Waals surface area contributed by atoms with Crippen LogP contribution >= 0.6 is 11.3 Å². The molecule has 0 spiro atoms. The molecule has 0 saturated carbocycles. The standard InChI is InChI=1S/C12H13N3OS/c1-9-5-6-11(17-9)12(16)15-14-8-10-4-2-3-7-13-10/h2-7,14H,8H2,1H3,(H,15,16). The third kappa shape index (κ3) is 3.37. The number of carbonyl (C=O) groups excluding carboxylic acids is 1. The Hall–Kier alpha value is -1.72. The Bertz CT molecular complexity index is 495. The summed E-state index contributed by atoms with van der Waals surface area (Å²) in [6, 6.07) is 9.41. The number of hydrazine groups is 1. The van der Waals surface area contributed by atoms with E-state index in [2.05, 4.69) is 15.8 Å². The van der Waals surface area contributed by atoms with Crippen molar-refractivity contribution in [2.45, 2.75) is 13.5 Å². The minimum Gasteiger partial charge on any atom is -0.286 e. The minimum absolute atomic E-state index is 0.112. The highest BCUT2D eigenvalue weighted by atomic mass is 32.1. The highest BCUT2D eigenvalue weighted by Gasteiger charge is 2.06. The summed E-state index contributed by atoms with van der Waals surface area (Å²) in [5.41, 5.74) is 6.38. The quantitative estimate of drug-likeness (QED) is 0.811. The van der Waals surface area contributed by atoms with Crippen LogP contribution in [0.3, 0.4) is 0 Å². The van der Waals surface area contributed by atoms with Gasteiger partial charge in [0.1, 0.15) is 0 Å². The average molecular weight is 247 g/mol. The lowest BCUT2D eigenvalue weighted by Gasteiger charge is -2.05. The first-order valence-corrected chi connectivity index (χ1v) is 6.07. The molecule has 5 heteroatoms. The third-order valence-electron chi connectivity index (χ3n) is 2.16. The summed E-state index contributed by atoms with van der Waals surface area (Å²) in [4.78, 5) is 17.6. The molecule has 88 valence electrons. The summed E-state index contributed by atoms with van der Waals surface area (Å²) >= 11 is 1.47. The molecular formula is C12H13N3OS. The van der Waals surface area contributed by atoms with Gasteiger partial charge in [-0.25, -0.2) is 5.43 Å². The predicted octanol–water partition coefficient (Wildman–Crippen LogP) is 1.89. The van der Waals surface area contributed by atoms with Crippen LogP contribution in [0.15, 0.2) is 36.5 Å². The van der Waals surface area contributed by atoms with Crippen LogP contribution < -0.4 is 10.9 Å². The van der Waals surface area contributed by atoms with Gasteiger partial charge in [-0.05, 0) is 31.2 Å². The van der Waals surface area contributed by atoms with Crippen LogP contribution in [0.25, 0.3) is 0 Å². The van der Waals surface area contributed by atoms with Crippen LogP contribution in [-0.2, 0) is 6.54 Å². The number of aromatic nitrogens is 1. The highest BCUT2D eigenvalue weighted by Crippen LogP contribution is 2.14. The van der Waals surface area contributed by atoms with Gasteiger partial charge in [0.25, 0.3) is 5.91 Å². The number of thiophene rings is 1. The molecule has 0 aromatic carbocycles. The van der Waals surface area contributed by atoms with E-state index in [1.165, 1.54) is 11.3 Å². The van der Waals surface area contributed by atoms with Gasteiger partial charge >= 0.3 is 0 Å². The van der Waals surface area contributed by atoms with Gasteiger partial charge < -0.3 is 0 Å². The van der Waals surface area contributed by atoms with Crippen LogP contribution in [0.1, 0.15) is 20.2 Å². The minimum atomic E-state index is -0.112. The maximum atomic E-state index is 11.7. The van der Waals surface area contributed by atoms with Gasteiger partial charge in [-0.1, -0.05) is 6.07 Å². The summed E-state index contributed by atoms with van der Waals surface area (Å²) < 4.78 is 0. The number of carbonyl (C=O) groups is 1. The molecule has 4 nitrogen and oxygen atoms in total. The predicted molar refractivity (Wildman–Crippen MR) is 67.6 cm³/mol. The van der Waals surface area contributed by atoms with Gasteiger partial charge in [0.05, 0.1) is 17.1 Å². The number of aryl methyl sites for hydroxylation is 1. The van der Waals surface area contributed by atoms with E-state index >= 15 is 0 Å². The molecule has 0 aliphatic carbocycles. The molecule has 2 aromatic heterocycles. The van der Waals surface area contributed by atoms with Gasteiger partial charge in [0.2, 0.25) is 0 Å². The van der Waals surface area contributed by atoms with Crippen LogP contribution in [0, 0.1) is 6.92 Å². The Morgan fingerprint density at radius 2 is 2.24 bits per heavy atom. The van der Waals surface area contributed by atoms with Crippen molar-refractivity contribution < 1.29 is 4.79 Å². The number of hydrogen-bond donors (Lipinski definition) is 2. The van der Waals surface area contributed by atoms with E-state index in [1.807, 2.05) is 37.3 Å². The van der Waals surface area contributed by atoms with E-state index in [1.54, 1.807) is 6.20 Å². The zero-order valence-electron chi connectivity index (χ0n) is 9.43. The summed E-state index contributed by atoms with van der Waals surface area (Å²) in [7, 11) is 0. The molecule has 0 unspecified atom stereocenters. The number of rotatable bonds is 4. The van der Waals surface area contributed by atoms with Crippen molar-refractivity contribution in [3.63, 3.8) is 0 Å². The van der Waals surface area contributed by atoms with E-state index in [4.69, 9.17) is 0 Å². The maximum absolute atomic E-state index is 11.7. The van der Waals surface area contributed by atoms with Gasteiger partial charge in [0, 0.05) is 11.1 Å². The molecule has 2 rings (SSSR count). The fraction of sp³-hybridized carbons (Fsp3) is 0.167. The van der Waals surface area contributed by atoms with E-state index in [0.29, 0.717) is 11.4 Å². The maximum Gasteiger partial charge on any atom is 0.275 e. The average Bonchev–Trinajstić information content (AvgIpc) is 2.77. The molecule has 0 aliphatic rings. The molecule has 0 bridgehead atoms. The van der Waals surface area contributed by atoms with E-state index in [-0.39, 0.29) is 5.91 Å². The third-order valence-corrected chi connectivity index (χ3v) is 3.16. The second-order valence-electron chi connectivity index (χ2n) is 3.54. The first kappa shape index (κ1) is 11.8. The van der Waals surface area contributed by atoms with E-state index in [9.17, 15) is 4.79 Å². The van der Waals surface area contributed by atoms with Crippen LogP contribution in [0.4, 0.5) is 0 Å². The number of hydrogen-bond acceptors (Lipinski definition) is 4. The zero-order valence-corrected chi connectivity index (χ0v) is 10.3. The van der Waals surface area contributed by atoms with E-state index in [0.717, 1.165) is 10.6 Å². The summed E-state index contributed by atoms with van der Waals surface area (Å²) in [5, 5.41) is 0. The van der Waals surface area contributed by atoms with Crippen molar-refractivity contribution >= 4 is 17.2 Å². The normalized spacial score (nSPS) is 10.2. The second-order valence-corrected chi connectivity index (χ2v) is 4.83. The summed E-state index contributed by atoms with van der Waals surface area (Å²) in [5.74, 6) is -0.112. The van der Waals surface area contributed by atoms with Crippen LogP contribution in [0.2, 0.25) is 0 Å². The number of nitrogens with one attached hydrogen (secondary N) is 2. The summed E-state index contributed by atoms with van der Waals surface area (Å²) in [6.45, 7) is 2.49. The lowest BCUT2D eigenvalue weighted by molar-refractivity contribution is 0.0936. The first-order valence-electron chi connectivity index (χ1n) is 5.25. The molecular weight excluding hydrogens is 234 g/mol. The molecule has 2 aromatic rings. The van der Waals surface area contributed by atoms with Crippen molar-refractivity contribution in [1.82, 2.24) is 15.8 Å². The summed E-state index contributed by atoms with van der Waals surface area (Å²) in [6.07, 6.45) is 1.72. The van der Waals surface area contributed by atoms with Crippen molar-refractivity contribution in [1.29, 1.82) is 0 Å². The molecule has 0 radical (unpaired) electrons. The van der Waals surface area contributed by atoms with E-state index < -0.39 is 0 Å². The number of pyridine rings is 1. The first-order chi connectivity index (χ1) is 8.25. The highest BCUT2D eigenvalue weighted by molar-refractivity contribution is 7.13. The molecule has 2 heterocycles. The number of nitrogens with zero attached hydrogens (tertiary/aromatic N) is 1. The topological polar surface area (TPSA) is 54.0 Å². The fourth-order valence-corrected chi connectivity index (χ4v) is 2.10. The van der Waals surface area contributed by atoms with Gasteiger partial charge in [-0.3, -0.25) is 15.2 Å². The van der Waals surface area contributed by atoms with Gasteiger partial charge in [0.15, 0.2) is 0 Å². The molecule has 0 fully saturated rings. The lowest BCUT2D eigenvalue weighted by atomic mass is 10.3. The molecule has 17 heavy (non-hydrogen) atoms. The largest absolute Gasteiger partial charge is 0.286 e. The second kappa shape index (κ2) is 5.56. The van der Waals surface area contributed by atoms with Crippen molar-refractivity contribution in [3.8, 4) is 0 Å². The van der Waals surface area contributed by atoms with Crippen molar-refractivity contribution in [3.05, 3.63) is 52.0 Å². The smallest absolute Gasteiger partial charge is 0.275 e. The van der Waals surface area contributed by atoms with Crippen molar-refractivity contribution in [2.24, 2.45) is 0 Å². The molecule has 0 saturated heterocycles.